The van der Waals surface area contributed by atoms with Crippen molar-refractivity contribution in [2.75, 3.05) is 12.4 Å². The summed E-state index contributed by atoms with van der Waals surface area (Å²) >= 11 is 0. The van der Waals surface area contributed by atoms with E-state index in [2.05, 4.69) is 28.5 Å². The summed E-state index contributed by atoms with van der Waals surface area (Å²) in [6.07, 6.45) is 0. The molecule has 1 aromatic heterocycles. The minimum absolute atomic E-state index is 0.787. The van der Waals surface area contributed by atoms with Crippen molar-refractivity contribution in [3.8, 4) is 5.75 Å². The van der Waals surface area contributed by atoms with Crippen molar-refractivity contribution in [1.82, 2.24) is 4.98 Å². The van der Waals surface area contributed by atoms with Crippen LogP contribution < -0.4 is 10.1 Å². The molecule has 0 aliphatic carbocycles. The van der Waals surface area contributed by atoms with Gasteiger partial charge in [0.1, 0.15) is 5.75 Å². The molecule has 94 valence electrons. The number of aromatic nitrogens is 1. The summed E-state index contributed by atoms with van der Waals surface area (Å²) in [5.74, 6) is 0.881. The van der Waals surface area contributed by atoms with Crippen molar-refractivity contribution in [3.63, 3.8) is 0 Å². The van der Waals surface area contributed by atoms with Crippen molar-refractivity contribution >= 4 is 5.69 Å². The average molecular weight is 242 g/mol. The van der Waals surface area contributed by atoms with Crippen LogP contribution in [0.25, 0.3) is 0 Å². The van der Waals surface area contributed by atoms with Crippen LogP contribution >= 0.6 is 0 Å². The van der Waals surface area contributed by atoms with E-state index < -0.39 is 0 Å². The van der Waals surface area contributed by atoms with E-state index in [4.69, 9.17) is 4.74 Å². The van der Waals surface area contributed by atoms with Gasteiger partial charge in [-0.15, -0.1) is 0 Å². The smallest absolute Gasteiger partial charge is 0.118 e. The van der Waals surface area contributed by atoms with Gasteiger partial charge in [-0.1, -0.05) is 12.1 Å². The third kappa shape index (κ3) is 3.00. The lowest BCUT2D eigenvalue weighted by Crippen LogP contribution is -2.02. The molecule has 0 spiro atoms. The SMILES string of the molecule is COc1ccc(CNc2ccc(C)nc2C)cc1. The van der Waals surface area contributed by atoms with E-state index in [1.807, 2.05) is 32.0 Å². The van der Waals surface area contributed by atoms with E-state index in [-0.39, 0.29) is 0 Å². The first-order valence-electron chi connectivity index (χ1n) is 6.00. The van der Waals surface area contributed by atoms with Gasteiger partial charge in [-0.25, -0.2) is 0 Å². The number of aryl methyl sites for hydroxylation is 2. The van der Waals surface area contributed by atoms with Gasteiger partial charge in [0, 0.05) is 12.2 Å². The van der Waals surface area contributed by atoms with Gasteiger partial charge in [0.25, 0.3) is 0 Å². The fourth-order valence-electron chi connectivity index (χ4n) is 1.81. The highest BCUT2D eigenvalue weighted by Gasteiger charge is 2.00. The molecule has 0 bridgehead atoms. The summed E-state index contributed by atoms with van der Waals surface area (Å²) in [5, 5.41) is 3.39. The standard InChI is InChI=1S/C15H18N2O/c1-11-4-9-15(12(2)17-11)16-10-13-5-7-14(18-3)8-6-13/h4-9,16H,10H2,1-3H3. The number of nitrogens with zero attached hydrogens (tertiary/aromatic N) is 1. The fourth-order valence-corrected chi connectivity index (χ4v) is 1.81. The predicted octanol–water partition coefficient (Wildman–Crippen LogP) is 3.32. The second-order valence-corrected chi connectivity index (χ2v) is 4.29. The van der Waals surface area contributed by atoms with Crippen LogP contribution in [0, 0.1) is 13.8 Å². The Balaban J connectivity index is 2.02. The van der Waals surface area contributed by atoms with Gasteiger partial charge >= 0.3 is 0 Å². The topological polar surface area (TPSA) is 34.1 Å². The highest BCUT2D eigenvalue weighted by molar-refractivity contribution is 5.48. The van der Waals surface area contributed by atoms with Gasteiger partial charge in [0.05, 0.1) is 18.5 Å². The Labute approximate surface area is 108 Å². The van der Waals surface area contributed by atoms with Crippen LogP contribution in [0.5, 0.6) is 5.75 Å². The summed E-state index contributed by atoms with van der Waals surface area (Å²) < 4.78 is 5.13. The number of ether oxygens (including phenoxy) is 1. The molecule has 0 aliphatic rings. The average Bonchev–Trinajstić information content (AvgIpc) is 2.38. The Hall–Kier alpha value is -2.03. The summed E-state index contributed by atoms with van der Waals surface area (Å²) in [7, 11) is 1.68. The molecule has 1 aromatic carbocycles. The summed E-state index contributed by atoms with van der Waals surface area (Å²) in [6, 6.07) is 12.1. The van der Waals surface area contributed by atoms with Crippen LogP contribution in [0.2, 0.25) is 0 Å². The molecule has 3 heteroatoms. The van der Waals surface area contributed by atoms with Gasteiger partial charge in [0.2, 0.25) is 0 Å². The molecule has 0 aliphatic heterocycles. The number of anilines is 1. The monoisotopic (exact) mass is 242 g/mol. The number of benzene rings is 1. The highest BCUT2D eigenvalue weighted by Crippen LogP contribution is 2.16. The quantitative estimate of drug-likeness (QED) is 0.893. The molecule has 0 unspecified atom stereocenters. The van der Waals surface area contributed by atoms with Crippen LogP contribution in [-0.4, -0.2) is 12.1 Å². The lowest BCUT2D eigenvalue weighted by molar-refractivity contribution is 0.414. The largest absolute Gasteiger partial charge is 0.497 e. The molecule has 0 amide bonds. The van der Waals surface area contributed by atoms with Gasteiger partial charge in [0.15, 0.2) is 0 Å². The second-order valence-electron chi connectivity index (χ2n) is 4.29. The van der Waals surface area contributed by atoms with Crippen molar-refractivity contribution in [1.29, 1.82) is 0 Å². The molecule has 0 radical (unpaired) electrons. The molecule has 0 saturated heterocycles. The first-order chi connectivity index (χ1) is 8.69. The Bertz CT molecular complexity index is 521. The molecular formula is C15H18N2O. The molecule has 18 heavy (non-hydrogen) atoms. The maximum atomic E-state index is 5.13. The normalized spacial score (nSPS) is 10.2. The zero-order chi connectivity index (χ0) is 13.0. The lowest BCUT2D eigenvalue weighted by atomic mass is 10.2. The van der Waals surface area contributed by atoms with Crippen LogP contribution in [-0.2, 0) is 6.54 Å². The van der Waals surface area contributed by atoms with Gasteiger partial charge in [-0.05, 0) is 43.7 Å². The van der Waals surface area contributed by atoms with E-state index in [1.165, 1.54) is 5.56 Å². The molecule has 0 saturated carbocycles. The minimum atomic E-state index is 0.787. The first-order valence-corrected chi connectivity index (χ1v) is 6.00. The van der Waals surface area contributed by atoms with Crippen molar-refractivity contribution in [3.05, 3.63) is 53.3 Å². The van der Waals surface area contributed by atoms with Crippen molar-refractivity contribution in [2.24, 2.45) is 0 Å². The summed E-state index contributed by atoms with van der Waals surface area (Å²) in [5.41, 5.74) is 4.37. The number of methoxy groups -OCH3 is 1. The van der Waals surface area contributed by atoms with E-state index >= 15 is 0 Å². The van der Waals surface area contributed by atoms with Crippen LogP contribution in [0.15, 0.2) is 36.4 Å². The molecule has 0 atom stereocenters. The molecule has 2 rings (SSSR count). The van der Waals surface area contributed by atoms with E-state index in [0.717, 1.165) is 29.4 Å². The Morgan fingerprint density at radius 3 is 2.39 bits per heavy atom. The molecule has 3 nitrogen and oxygen atoms in total. The molecule has 0 fully saturated rings. The second kappa shape index (κ2) is 5.54. The van der Waals surface area contributed by atoms with Gasteiger partial charge in [-0.2, -0.15) is 0 Å². The third-order valence-corrected chi connectivity index (χ3v) is 2.87. The molecule has 1 heterocycles. The first kappa shape index (κ1) is 12.4. The maximum Gasteiger partial charge on any atom is 0.118 e. The molecular weight excluding hydrogens is 224 g/mol. The number of pyridine rings is 1. The number of hydrogen-bond acceptors (Lipinski definition) is 3. The van der Waals surface area contributed by atoms with Crippen LogP contribution in [0.1, 0.15) is 17.0 Å². The van der Waals surface area contributed by atoms with Gasteiger partial charge < -0.3 is 10.1 Å². The number of rotatable bonds is 4. The Morgan fingerprint density at radius 2 is 1.78 bits per heavy atom. The zero-order valence-electron chi connectivity index (χ0n) is 11.0. The van der Waals surface area contributed by atoms with E-state index in [9.17, 15) is 0 Å². The maximum absolute atomic E-state index is 5.13. The van der Waals surface area contributed by atoms with E-state index in [0.29, 0.717) is 0 Å². The van der Waals surface area contributed by atoms with Crippen LogP contribution in [0.4, 0.5) is 5.69 Å². The predicted molar refractivity (Wildman–Crippen MR) is 74.0 cm³/mol. The third-order valence-electron chi connectivity index (χ3n) is 2.87. The lowest BCUT2D eigenvalue weighted by Gasteiger charge is -2.10. The van der Waals surface area contributed by atoms with E-state index in [1.54, 1.807) is 7.11 Å². The number of nitrogens with one attached hydrogen (secondary N) is 1. The van der Waals surface area contributed by atoms with Gasteiger partial charge in [-0.3, -0.25) is 4.98 Å². The fraction of sp³-hybridized carbons (Fsp3) is 0.267. The Morgan fingerprint density at radius 1 is 1.06 bits per heavy atom. The Kier molecular flexibility index (Phi) is 3.82. The van der Waals surface area contributed by atoms with Crippen LogP contribution in [0.3, 0.4) is 0 Å². The highest BCUT2D eigenvalue weighted by atomic mass is 16.5. The van der Waals surface area contributed by atoms with Crippen molar-refractivity contribution in [2.45, 2.75) is 20.4 Å². The number of hydrogen-bond donors (Lipinski definition) is 1. The minimum Gasteiger partial charge on any atom is -0.497 e. The molecule has 1 N–H and O–H groups in total. The van der Waals surface area contributed by atoms with Crippen molar-refractivity contribution < 1.29 is 4.74 Å². The molecule has 2 aromatic rings. The summed E-state index contributed by atoms with van der Waals surface area (Å²) in [6.45, 7) is 4.80. The summed E-state index contributed by atoms with van der Waals surface area (Å²) in [4.78, 5) is 4.43. The zero-order valence-corrected chi connectivity index (χ0v) is 11.0.